The Labute approximate surface area is 741 Å². The van der Waals surface area contributed by atoms with Gasteiger partial charge < -0.3 is 116 Å². The van der Waals surface area contributed by atoms with E-state index in [9.17, 15) is 65.1 Å². The molecule has 6 aromatic carbocycles. The van der Waals surface area contributed by atoms with E-state index in [-0.39, 0.29) is 117 Å². The molecule has 4 saturated carbocycles. The van der Waals surface area contributed by atoms with Crippen LogP contribution in [0.1, 0.15) is 189 Å². The number of phenols is 3. The standard InChI is InChI=1S/C92H107Cl2N7O26/c1-7-45(21-40(2)3)86(116)100-77-64(107)30-52(33-72(110)97-91(120)96-53-13-15-55(16-14-53)121-20-8-9-41(4)103)87(117)98-75-51-31-69(123-67-18-11-47(79(77)111)28-60(67)93)83(127-90-84(82(114)81(113)71(39-102)125-90)126-73-38-92(6,95)85(115)42(5)122-73)70(32-51)124-68-19-12-48(29-61(68)94)80(112)78-89(119)99-76(66(109)36-56-49-23-43-22-44(25-49)26-50(56)24-43)59-34-54(104)35-63(106)74(59)58-27-46(10-17-62(58)105)57(37-65(75)108)88(118)101-78/h10-19,27-29,31-32,34-35,40,42-45,49-50,52,56-57,71,73,75-82,84-85,90,102,104-106,111-115H,7-9,20-26,30,33,36-39,95H2,1-6H3,(H,98,117)(H,99,119)(H,100,116)(H,101,118)(H2,96,97,110,120)/t42-,43?,44?,45+,49?,50?,52-,56?,57+,71+,73-,75+,76-,77-,78-,79+,80+,81+,82-,84+,85+,90-,92-/m0/s1. The molecule has 17 rings (SSSR count). The fourth-order valence-corrected chi connectivity index (χ4v) is 19.9. The zero-order valence-electron chi connectivity index (χ0n) is 70.7. The number of nitrogens with two attached hydrogens (primary N) is 1. The Balaban J connectivity index is 0.947. The van der Waals surface area contributed by atoms with E-state index < -0.39 is 233 Å². The van der Waals surface area contributed by atoms with Gasteiger partial charge in [0.15, 0.2) is 41.2 Å². The minimum absolute atomic E-state index is 0.0268. The fraction of sp³-hybridized carbons (Fsp3) is 0.500. The fourth-order valence-electron chi connectivity index (χ4n) is 19.5. The van der Waals surface area contributed by atoms with Crippen molar-refractivity contribution in [1.82, 2.24) is 26.6 Å². The second-order valence-electron chi connectivity index (χ2n) is 35.7. The summed E-state index contributed by atoms with van der Waals surface area (Å²) < 4.78 is 45.0. The van der Waals surface area contributed by atoms with Gasteiger partial charge in [-0.15, -0.1) is 0 Å². The number of aromatic hydroxyl groups is 3. The zero-order chi connectivity index (χ0) is 91.0. The van der Waals surface area contributed by atoms with Crippen LogP contribution in [0.25, 0.3) is 11.1 Å². The van der Waals surface area contributed by atoms with Crippen molar-refractivity contribution in [1.29, 1.82) is 0 Å². The number of hydrogen-bond donors (Lipinski definition) is 16. The molecule has 33 nitrogen and oxygen atoms in total. The molecule has 0 aromatic heterocycles. The van der Waals surface area contributed by atoms with Crippen molar-refractivity contribution >= 4 is 87.6 Å². The maximum Gasteiger partial charge on any atom is 0.325 e. The highest BCUT2D eigenvalue weighted by Gasteiger charge is 2.53. The summed E-state index contributed by atoms with van der Waals surface area (Å²) in [5.41, 5.74) is 3.60. The lowest BCUT2D eigenvalue weighted by Gasteiger charge is -2.54. The van der Waals surface area contributed by atoms with E-state index in [1.807, 2.05) is 13.8 Å². The Morgan fingerprint density at radius 2 is 1.34 bits per heavy atom. The molecular weight excluding hydrogens is 1690 g/mol. The molecule has 680 valence electrons. The first-order valence-electron chi connectivity index (χ1n) is 43.0. The smallest absolute Gasteiger partial charge is 0.325 e. The zero-order valence-corrected chi connectivity index (χ0v) is 72.2. The quantitative estimate of drug-likeness (QED) is 0.0299. The van der Waals surface area contributed by atoms with E-state index in [0.717, 1.165) is 68.5 Å². The number of Topliss-reactive ketones (excluding diaryl/α,β-unsaturated/α-hetero) is 4. The van der Waals surface area contributed by atoms with Crippen molar-refractivity contribution in [2.75, 3.05) is 18.5 Å². The number of halogens is 2. The number of anilines is 1. The number of carbonyl (C=O) groups excluding carboxylic acids is 10. The summed E-state index contributed by atoms with van der Waals surface area (Å²) in [5, 5.41) is 122. The van der Waals surface area contributed by atoms with Crippen molar-refractivity contribution in [3.8, 4) is 62.9 Å². The molecule has 7 heterocycles. The summed E-state index contributed by atoms with van der Waals surface area (Å²) in [4.78, 5) is 151. The topological polar surface area (TPSA) is 516 Å². The van der Waals surface area contributed by atoms with E-state index in [1.165, 1.54) is 87.5 Å². The molecule has 15 bridgehead atoms. The van der Waals surface area contributed by atoms with Crippen molar-refractivity contribution < 1.29 is 127 Å². The van der Waals surface area contributed by atoms with E-state index in [4.69, 9.17) is 62.1 Å². The van der Waals surface area contributed by atoms with Crippen molar-refractivity contribution in [3.05, 3.63) is 141 Å². The van der Waals surface area contributed by atoms with E-state index >= 15 is 28.8 Å². The number of carbonyl (C=O) groups is 10. The monoisotopic (exact) mass is 1800 g/mol. The molecule has 7 amide bonds. The number of aliphatic hydroxyl groups is 6. The van der Waals surface area contributed by atoms with Crippen LogP contribution in [0.3, 0.4) is 0 Å². The Hall–Kier alpha value is -10.4. The van der Waals surface area contributed by atoms with E-state index in [1.54, 1.807) is 6.92 Å². The number of phenolic OH excluding ortho intramolecular Hbond substituents is 3. The second kappa shape index (κ2) is 38.9. The first kappa shape index (κ1) is 92.8. The number of benzene rings is 6. The van der Waals surface area contributed by atoms with Gasteiger partial charge in [0, 0.05) is 72.9 Å². The first-order chi connectivity index (χ1) is 60.4. The largest absolute Gasteiger partial charge is 0.508 e. The van der Waals surface area contributed by atoms with Gasteiger partial charge >= 0.3 is 6.03 Å². The molecule has 11 aliphatic rings. The van der Waals surface area contributed by atoms with Gasteiger partial charge in [-0.05, 0) is 214 Å². The highest BCUT2D eigenvalue weighted by atomic mass is 35.5. The molecule has 4 aliphatic carbocycles. The molecule has 18 atom stereocenters. The predicted molar refractivity (Wildman–Crippen MR) is 455 cm³/mol. The third kappa shape index (κ3) is 20.7. The van der Waals surface area contributed by atoms with Gasteiger partial charge in [-0.3, -0.25) is 43.7 Å². The number of amides is 7. The summed E-state index contributed by atoms with van der Waals surface area (Å²) in [6.07, 6.45) is -15.1. The van der Waals surface area contributed by atoms with E-state index in [0.29, 0.717) is 30.4 Å². The normalized spacial score (nSPS) is 30.1. The van der Waals surface area contributed by atoms with Gasteiger partial charge in [-0.2, -0.15) is 0 Å². The molecule has 6 aromatic rings. The third-order valence-electron chi connectivity index (χ3n) is 25.8. The van der Waals surface area contributed by atoms with Crippen LogP contribution in [0.2, 0.25) is 10.0 Å². The number of ether oxygens (including phenoxy) is 7. The molecule has 0 unspecified atom stereocenters. The molecule has 7 aliphatic heterocycles. The second-order valence-corrected chi connectivity index (χ2v) is 36.5. The first-order valence-corrected chi connectivity index (χ1v) is 43.7. The molecule has 127 heavy (non-hydrogen) atoms. The van der Waals surface area contributed by atoms with Gasteiger partial charge in [0.05, 0.1) is 47.3 Å². The van der Waals surface area contributed by atoms with Crippen LogP contribution in [0, 0.1) is 47.3 Å². The molecule has 0 radical (unpaired) electrons. The lowest BCUT2D eigenvalue weighted by molar-refractivity contribution is -0.333. The number of hydrogen-bond acceptors (Lipinski definition) is 27. The summed E-state index contributed by atoms with van der Waals surface area (Å²) in [7, 11) is 0. The SMILES string of the molecule is CC[C@H](CC(C)C)C(=O)N[C@H]1C(=O)C[C@@H](CC(=O)NC(=O)Nc2ccc(OCCCC(C)=O)cc2)C(=O)N[C@H]2C(=O)C[C@H]3C(=O)N[C@H](C(=O)N[C@H](C(=O)CC4C5CC6CC(C5)CC4C6)c4cc(O)cc(O)c4-c4cc3ccc4O)[C@H](O)c3ccc(c(Cl)c3)Oc3cc2cc(c3O[C@@H]2O[C@H](CO)[C@@H](O)[C@H](O)[C@H]2O[C@H]2C[C@](C)(N)[C@H](O)[C@H](C)O2)Oc2ccc(cc2Cl)[C@H]1O. The van der Waals surface area contributed by atoms with Crippen LogP contribution in [0.15, 0.2) is 103 Å². The summed E-state index contributed by atoms with van der Waals surface area (Å²) in [6.45, 7) is 9.19. The third-order valence-corrected chi connectivity index (χ3v) is 26.4. The lowest BCUT2D eigenvalue weighted by Crippen LogP contribution is -2.64. The Morgan fingerprint density at radius 1 is 0.693 bits per heavy atom. The van der Waals surface area contributed by atoms with Crippen LogP contribution >= 0.6 is 23.2 Å². The maximum atomic E-state index is 16.8. The number of aliphatic hydroxyl groups excluding tert-OH is 6. The van der Waals surface area contributed by atoms with Crippen LogP contribution in [0.4, 0.5) is 10.5 Å². The maximum absolute atomic E-state index is 16.8. The Bertz CT molecular complexity index is 5180. The Morgan fingerprint density at radius 3 is 1.95 bits per heavy atom. The molecule has 2 saturated heterocycles. The predicted octanol–water partition coefficient (Wildman–Crippen LogP) is 9.08. The van der Waals surface area contributed by atoms with Crippen LogP contribution in [0.5, 0.6) is 51.7 Å². The number of rotatable bonds is 21. The van der Waals surface area contributed by atoms with Gasteiger partial charge in [0.2, 0.25) is 41.6 Å². The highest BCUT2D eigenvalue weighted by molar-refractivity contribution is 6.32. The average Bonchev–Trinajstić information content (AvgIpc) is 0.757. The Kier molecular flexibility index (Phi) is 28.4. The summed E-state index contributed by atoms with van der Waals surface area (Å²) in [5.74, 6) is -16.2. The molecular formula is C92H107Cl2N7O26. The lowest BCUT2D eigenvalue weighted by atomic mass is 9.51. The highest BCUT2D eigenvalue weighted by Crippen LogP contribution is 2.59. The van der Waals surface area contributed by atoms with Crippen LogP contribution in [-0.4, -0.2) is 185 Å². The van der Waals surface area contributed by atoms with Gasteiger partial charge in [-0.1, -0.05) is 62.2 Å². The summed E-state index contributed by atoms with van der Waals surface area (Å²) >= 11 is 14.6. The van der Waals surface area contributed by atoms with Gasteiger partial charge in [0.1, 0.15) is 95.0 Å². The van der Waals surface area contributed by atoms with Gasteiger partial charge in [-0.25, -0.2) is 4.79 Å². The number of urea groups is 1. The van der Waals surface area contributed by atoms with Crippen LogP contribution in [-0.2, 0) is 57.4 Å². The van der Waals surface area contributed by atoms with Crippen molar-refractivity contribution in [2.24, 2.45) is 53.1 Å². The van der Waals surface area contributed by atoms with Crippen molar-refractivity contribution in [2.45, 2.75) is 228 Å². The molecule has 17 N–H and O–H groups in total. The minimum Gasteiger partial charge on any atom is -0.508 e. The molecule has 0 spiro atoms. The number of nitrogens with one attached hydrogen (secondary N) is 6. The molecule has 35 heteroatoms. The number of ketones is 4. The van der Waals surface area contributed by atoms with E-state index in [2.05, 4.69) is 31.9 Å². The minimum atomic E-state index is -2.27. The van der Waals surface area contributed by atoms with Crippen molar-refractivity contribution in [3.63, 3.8) is 0 Å². The summed E-state index contributed by atoms with van der Waals surface area (Å²) in [6, 6.07) is 11.7. The van der Waals surface area contributed by atoms with Gasteiger partial charge in [0.25, 0.3) is 0 Å². The molecule has 6 fully saturated rings. The van der Waals surface area contributed by atoms with Crippen LogP contribution < -0.4 is 56.6 Å². The average molecular weight is 1800 g/mol. The number of imide groups is 1. The number of fused-ring (bicyclic) bond motifs is 15.